The maximum absolute atomic E-state index is 6.26. The molecule has 0 aliphatic rings. The normalized spacial score (nSPS) is 15.1. The molecule has 0 radical (unpaired) electrons. The van der Waals surface area contributed by atoms with Crippen LogP contribution in [-0.2, 0) is 13.5 Å². The summed E-state index contributed by atoms with van der Waals surface area (Å²) in [7, 11) is 3.97. The monoisotopic (exact) mass is 243 g/mol. The second-order valence-electron chi connectivity index (χ2n) is 4.42. The number of nitrogens with zero attached hydrogens (tertiary/aromatic N) is 2. The first-order valence-corrected chi connectivity index (χ1v) is 6.24. The quantitative estimate of drug-likeness (QED) is 0.862. The van der Waals surface area contributed by atoms with Crippen molar-refractivity contribution in [1.82, 2.24) is 15.1 Å². The van der Waals surface area contributed by atoms with Gasteiger partial charge in [-0.3, -0.25) is 4.68 Å². The molecule has 0 aliphatic carbocycles. The van der Waals surface area contributed by atoms with Gasteiger partial charge in [0.05, 0.1) is 16.4 Å². The average molecular weight is 244 g/mol. The van der Waals surface area contributed by atoms with E-state index in [2.05, 4.69) is 24.3 Å². The highest BCUT2D eigenvalue weighted by Gasteiger charge is 2.19. The maximum Gasteiger partial charge on any atom is 0.0847 e. The van der Waals surface area contributed by atoms with E-state index < -0.39 is 0 Å². The molecule has 92 valence electrons. The molecule has 16 heavy (non-hydrogen) atoms. The van der Waals surface area contributed by atoms with Crippen LogP contribution in [0.1, 0.15) is 31.7 Å². The zero-order valence-corrected chi connectivity index (χ0v) is 11.6. The Morgan fingerprint density at radius 3 is 2.50 bits per heavy atom. The summed E-state index contributed by atoms with van der Waals surface area (Å²) in [6.45, 7) is 6.38. The SMILES string of the molecule is CCC(Cc1c(Cl)c(C)nn1C)C(C)NC. The highest BCUT2D eigenvalue weighted by Crippen LogP contribution is 2.24. The zero-order chi connectivity index (χ0) is 12.3. The minimum absolute atomic E-state index is 0.497. The molecule has 0 amide bonds. The van der Waals surface area contributed by atoms with Crippen LogP contribution < -0.4 is 5.32 Å². The third-order valence-electron chi connectivity index (χ3n) is 3.40. The molecule has 2 unspecified atom stereocenters. The molecular weight excluding hydrogens is 222 g/mol. The minimum Gasteiger partial charge on any atom is -0.317 e. The Hall–Kier alpha value is -0.540. The molecule has 0 saturated carbocycles. The predicted octanol–water partition coefficient (Wildman–Crippen LogP) is 2.56. The number of aromatic nitrogens is 2. The van der Waals surface area contributed by atoms with Gasteiger partial charge in [-0.2, -0.15) is 5.10 Å². The number of halogens is 1. The molecule has 1 N–H and O–H groups in total. The van der Waals surface area contributed by atoms with Crippen LogP contribution in [0.3, 0.4) is 0 Å². The van der Waals surface area contributed by atoms with Crippen LogP contribution in [0.4, 0.5) is 0 Å². The summed E-state index contributed by atoms with van der Waals surface area (Å²) >= 11 is 6.26. The van der Waals surface area contributed by atoms with E-state index in [9.17, 15) is 0 Å². The number of aryl methyl sites for hydroxylation is 2. The molecule has 1 aromatic heterocycles. The van der Waals surface area contributed by atoms with Crippen LogP contribution in [0.15, 0.2) is 0 Å². The Balaban J connectivity index is 2.85. The van der Waals surface area contributed by atoms with E-state index in [1.54, 1.807) is 0 Å². The number of hydrogen-bond acceptors (Lipinski definition) is 2. The van der Waals surface area contributed by atoms with Gasteiger partial charge in [0, 0.05) is 13.1 Å². The first-order valence-electron chi connectivity index (χ1n) is 5.86. The van der Waals surface area contributed by atoms with Crippen LogP contribution in [0.5, 0.6) is 0 Å². The molecule has 2 atom stereocenters. The van der Waals surface area contributed by atoms with Crippen molar-refractivity contribution in [3.05, 3.63) is 16.4 Å². The third-order valence-corrected chi connectivity index (χ3v) is 3.90. The standard InChI is InChI=1S/C12H22ClN3/c1-6-10(8(2)14-4)7-11-12(13)9(3)15-16(11)5/h8,10,14H,6-7H2,1-5H3. The van der Waals surface area contributed by atoms with Gasteiger partial charge in [0.1, 0.15) is 0 Å². The largest absolute Gasteiger partial charge is 0.317 e. The highest BCUT2D eigenvalue weighted by atomic mass is 35.5. The Bertz CT molecular complexity index is 346. The van der Waals surface area contributed by atoms with Gasteiger partial charge in [-0.05, 0) is 33.2 Å². The number of hydrogen-bond donors (Lipinski definition) is 1. The predicted molar refractivity (Wildman–Crippen MR) is 69.0 cm³/mol. The van der Waals surface area contributed by atoms with Crippen LogP contribution in [0, 0.1) is 12.8 Å². The first kappa shape index (κ1) is 13.5. The Morgan fingerprint density at radius 2 is 2.12 bits per heavy atom. The van der Waals surface area contributed by atoms with Gasteiger partial charge in [0.25, 0.3) is 0 Å². The summed E-state index contributed by atoms with van der Waals surface area (Å²) in [5.41, 5.74) is 2.07. The fourth-order valence-corrected chi connectivity index (χ4v) is 2.30. The third kappa shape index (κ3) is 2.77. The topological polar surface area (TPSA) is 29.9 Å². The van der Waals surface area contributed by atoms with E-state index in [4.69, 9.17) is 11.6 Å². The fraction of sp³-hybridized carbons (Fsp3) is 0.750. The van der Waals surface area contributed by atoms with Crippen molar-refractivity contribution >= 4 is 11.6 Å². The Morgan fingerprint density at radius 1 is 1.50 bits per heavy atom. The molecule has 0 spiro atoms. The number of rotatable bonds is 5. The van der Waals surface area contributed by atoms with E-state index in [1.165, 1.54) is 0 Å². The van der Waals surface area contributed by atoms with Gasteiger partial charge in [-0.15, -0.1) is 0 Å². The van der Waals surface area contributed by atoms with Gasteiger partial charge in [-0.1, -0.05) is 24.9 Å². The summed E-state index contributed by atoms with van der Waals surface area (Å²) in [5, 5.41) is 8.48. The molecule has 4 heteroatoms. The van der Waals surface area contributed by atoms with Crippen LogP contribution in [0.25, 0.3) is 0 Å². The van der Waals surface area contributed by atoms with Crippen molar-refractivity contribution in [1.29, 1.82) is 0 Å². The van der Waals surface area contributed by atoms with Crippen LogP contribution >= 0.6 is 11.6 Å². The molecule has 1 aromatic rings. The summed E-state index contributed by atoms with van der Waals surface area (Å²) in [5.74, 6) is 0.595. The lowest BCUT2D eigenvalue weighted by Crippen LogP contribution is -2.31. The highest BCUT2D eigenvalue weighted by molar-refractivity contribution is 6.31. The van der Waals surface area contributed by atoms with Crippen LogP contribution in [0.2, 0.25) is 5.02 Å². The summed E-state index contributed by atoms with van der Waals surface area (Å²) in [6.07, 6.45) is 2.12. The van der Waals surface area contributed by atoms with Gasteiger partial charge in [-0.25, -0.2) is 0 Å². The zero-order valence-electron chi connectivity index (χ0n) is 10.8. The van der Waals surface area contributed by atoms with E-state index in [0.29, 0.717) is 12.0 Å². The molecular formula is C12H22ClN3. The molecule has 1 heterocycles. The van der Waals surface area contributed by atoms with Crippen molar-refractivity contribution < 1.29 is 0 Å². The smallest absolute Gasteiger partial charge is 0.0847 e. The minimum atomic E-state index is 0.497. The van der Waals surface area contributed by atoms with Crippen molar-refractivity contribution in [2.45, 2.75) is 39.7 Å². The summed E-state index contributed by atoms with van der Waals surface area (Å²) in [4.78, 5) is 0. The molecule has 0 fully saturated rings. The summed E-state index contributed by atoms with van der Waals surface area (Å²) in [6, 6.07) is 0.497. The fourth-order valence-electron chi connectivity index (χ4n) is 2.06. The second kappa shape index (κ2) is 5.69. The van der Waals surface area contributed by atoms with Gasteiger partial charge in [0.2, 0.25) is 0 Å². The van der Waals surface area contributed by atoms with Gasteiger partial charge < -0.3 is 5.32 Å². The Labute approximate surface area is 103 Å². The van der Waals surface area contributed by atoms with E-state index in [-0.39, 0.29) is 0 Å². The lowest BCUT2D eigenvalue weighted by Gasteiger charge is -2.22. The average Bonchev–Trinajstić information content (AvgIpc) is 2.50. The molecule has 0 bridgehead atoms. The maximum atomic E-state index is 6.26. The van der Waals surface area contributed by atoms with Gasteiger partial charge >= 0.3 is 0 Å². The lowest BCUT2D eigenvalue weighted by atomic mass is 9.93. The lowest BCUT2D eigenvalue weighted by molar-refractivity contribution is 0.374. The van der Waals surface area contributed by atoms with E-state index >= 15 is 0 Å². The molecule has 0 saturated heterocycles. The van der Waals surface area contributed by atoms with Crippen LogP contribution in [-0.4, -0.2) is 22.9 Å². The molecule has 0 aliphatic heterocycles. The van der Waals surface area contributed by atoms with Crippen molar-refractivity contribution in [3.63, 3.8) is 0 Å². The van der Waals surface area contributed by atoms with Crippen molar-refractivity contribution in [2.24, 2.45) is 13.0 Å². The second-order valence-corrected chi connectivity index (χ2v) is 4.80. The molecule has 1 rings (SSSR count). The van der Waals surface area contributed by atoms with E-state index in [0.717, 1.165) is 29.3 Å². The number of nitrogens with one attached hydrogen (secondary N) is 1. The molecule has 3 nitrogen and oxygen atoms in total. The van der Waals surface area contributed by atoms with Crippen molar-refractivity contribution in [3.8, 4) is 0 Å². The summed E-state index contributed by atoms with van der Waals surface area (Å²) < 4.78 is 1.91. The molecule has 0 aromatic carbocycles. The Kier molecular flexibility index (Phi) is 4.81. The van der Waals surface area contributed by atoms with E-state index in [1.807, 2.05) is 25.7 Å². The van der Waals surface area contributed by atoms with Crippen molar-refractivity contribution in [2.75, 3.05) is 7.05 Å². The first-order chi connectivity index (χ1) is 7.51. The van der Waals surface area contributed by atoms with Gasteiger partial charge in [0.15, 0.2) is 0 Å².